The summed E-state index contributed by atoms with van der Waals surface area (Å²) in [6.45, 7) is 2.24. The molecule has 1 atom stereocenters. The molecule has 1 amide bonds. The minimum atomic E-state index is -4.73. The lowest BCUT2D eigenvalue weighted by Crippen LogP contribution is -2.27. The highest BCUT2D eigenvalue weighted by Crippen LogP contribution is 2.33. The monoisotopic (exact) mass is 374 g/mol. The zero-order valence-corrected chi connectivity index (χ0v) is 14.1. The van der Waals surface area contributed by atoms with Gasteiger partial charge in [-0.05, 0) is 18.6 Å². The van der Waals surface area contributed by atoms with Gasteiger partial charge in [0, 0.05) is 11.8 Å². The van der Waals surface area contributed by atoms with E-state index < -0.39 is 12.1 Å². The second kappa shape index (κ2) is 6.19. The lowest BCUT2D eigenvalue weighted by molar-refractivity contribution is -0.159. The summed E-state index contributed by atoms with van der Waals surface area (Å²) in [5, 5.41) is 3.33. The first-order valence-electron chi connectivity index (χ1n) is 8.10. The van der Waals surface area contributed by atoms with Crippen molar-refractivity contribution in [3.05, 3.63) is 65.3 Å². The van der Waals surface area contributed by atoms with Crippen LogP contribution in [0.3, 0.4) is 0 Å². The van der Waals surface area contributed by atoms with Gasteiger partial charge in [-0.3, -0.25) is 9.78 Å². The smallest absolute Gasteiger partial charge is 0.329 e. The van der Waals surface area contributed by atoms with E-state index in [1.807, 2.05) is 37.3 Å². The van der Waals surface area contributed by atoms with Crippen molar-refractivity contribution < 1.29 is 22.5 Å². The Kier molecular flexibility index (Phi) is 3.94. The van der Waals surface area contributed by atoms with Crippen LogP contribution in [0.5, 0.6) is 0 Å². The number of carbonyl (C=O) groups is 1. The van der Waals surface area contributed by atoms with Gasteiger partial charge in [0.15, 0.2) is 0 Å². The fourth-order valence-electron chi connectivity index (χ4n) is 2.99. The van der Waals surface area contributed by atoms with Crippen LogP contribution in [-0.4, -0.2) is 25.9 Å². The summed E-state index contributed by atoms with van der Waals surface area (Å²) in [7, 11) is 0. The quantitative estimate of drug-likeness (QED) is 0.696. The van der Waals surface area contributed by atoms with Crippen LogP contribution in [0.25, 0.3) is 11.4 Å². The molecular weight excluding hydrogens is 361 g/mol. The predicted octanol–water partition coefficient (Wildman–Crippen LogP) is 3.87. The second-order valence-electron chi connectivity index (χ2n) is 6.16. The number of halogens is 3. The van der Waals surface area contributed by atoms with E-state index in [4.69, 9.17) is 0 Å². The van der Waals surface area contributed by atoms with Crippen LogP contribution >= 0.6 is 0 Å². The van der Waals surface area contributed by atoms with Gasteiger partial charge in [-0.15, -0.1) is 0 Å². The van der Waals surface area contributed by atoms with E-state index in [1.54, 1.807) is 4.90 Å². The molecule has 138 valence electrons. The molecule has 9 heteroatoms. The lowest BCUT2D eigenvalue weighted by Gasteiger charge is -2.24. The van der Waals surface area contributed by atoms with Gasteiger partial charge < -0.3 is 9.42 Å². The fourth-order valence-corrected chi connectivity index (χ4v) is 2.99. The van der Waals surface area contributed by atoms with Crippen molar-refractivity contribution in [2.75, 3.05) is 0 Å². The zero-order chi connectivity index (χ0) is 19.2. The molecule has 2 aromatic heterocycles. The van der Waals surface area contributed by atoms with Gasteiger partial charge in [-0.2, -0.15) is 18.2 Å². The number of benzene rings is 1. The third-order valence-corrected chi connectivity index (χ3v) is 4.46. The minimum Gasteiger partial charge on any atom is -0.329 e. The molecule has 0 saturated heterocycles. The molecule has 0 aliphatic carbocycles. The van der Waals surface area contributed by atoms with Crippen molar-refractivity contribution in [2.24, 2.45) is 0 Å². The first-order valence-corrected chi connectivity index (χ1v) is 8.10. The molecule has 0 radical (unpaired) electrons. The summed E-state index contributed by atoms with van der Waals surface area (Å²) >= 11 is 0. The van der Waals surface area contributed by atoms with Crippen molar-refractivity contribution in [3.63, 3.8) is 0 Å². The van der Waals surface area contributed by atoms with Crippen LogP contribution in [0, 0.1) is 0 Å². The Morgan fingerprint density at radius 3 is 2.63 bits per heavy atom. The zero-order valence-electron chi connectivity index (χ0n) is 14.1. The van der Waals surface area contributed by atoms with Gasteiger partial charge in [-0.1, -0.05) is 35.5 Å². The summed E-state index contributed by atoms with van der Waals surface area (Å²) in [6, 6.07) is 10.8. The van der Waals surface area contributed by atoms with Gasteiger partial charge >= 0.3 is 12.1 Å². The molecule has 6 nitrogen and oxygen atoms in total. The minimum absolute atomic E-state index is 0.168. The molecule has 0 spiro atoms. The summed E-state index contributed by atoms with van der Waals surface area (Å²) in [4.78, 5) is 22.0. The van der Waals surface area contributed by atoms with Crippen LogP contribution < -0.4 is 0 Å². The van der Waals surface area contributed by atoms with E-state index in [-0.39, 0.29) is 23.3 Å². The average Bonchev–Trinajstić information content (AvgIpc) is 3.27. The third-order valence-electron chi connectivity index (χ3n) is 4.46. The molecule has 3 aromatic rings. The highest BCUT2D eigenvalue weighted by Gasteiger charge is 2.39. The summed E-state index contributed by atoms with van der Waals surface area (Å²) in [6.07, 6.45) is -3.39. The Labute approximate surface area is 151 Å². The van der Waals surface area contributed by atoms with Crippen molar-refractivity contribution in [1.29, 1.82) is 0 Å². The van der Waals surface area contributed by atoms with Gasteiger partial charge in [0.2, 0.25) is 5.82 Å². The second-order valence-corrected chi connectivity index (χ2v) is 6.16. The number of fused-ring (bicyclic) bond motifs is 1. The van der Waals surface area contributed by atoms with E-state index in [0.29, 0.717) is 17.8 Å². The van der Waals surface area contributed by atoms with E-state index in [9.17, 15) is 18.0 Å². The van der Waals surface area contributed by atoms with E-state index in [1.165, 1.54) is 12.3 Å². The maximum absolute atomic E-state index is 12.8. The first-order chi connectivity index (χ1) is 12.8. The first kappa shape index (κ1) is 17.2. The molecule has 4 rings (SSSR count). The van der Waals surface area contributed by atoms with Crippen LogP contribution in [0.15, 0.2) is 47.1 Å². The van der Waals surface area contributed by atoms with Gasteiger partial charge in [0.25, 0.3) is 5.91 Å². The standard InChI is InChI=1S/C18H13F3N4O2/c1-10(11-5-3-2-4-6-11)25-9-14-13(16(25)26)7-12(8-22-14)15-23-17(27-24-15)18(19,20)21/h2-8,10H,9H2,1H3/t10-/m0/s1. The lowest BCUT2D eigenvalue weighted by atomic mass is 10.1. The molecule has 27 heavy (non-hydrogen) atoms. The largest absolute Gasteiger partial charge is 0.471 e. The SMILES string of the molecule is C[C@@H](c1ccccc1)N1Cc2ncc(-c3noc(C(F)(F)F)n3)cc2C1=O. The van der Waals surface area contributed by atoms with Crippen LogP contribution in [-0.2, 0) is 12.7 Å². The summed E-state index contributed by atoms with van der Waals surface area (Å²) in [5.74, 6) is -1.95. The molecule has 0 bridgehead atoms. The number of carbonyl (C=O) groups excluding carboxylic acids is 1. The Hall–Kier alpha value is -3.23. The van der Waals surface area contributed by atoms with Crippen molar-refractivity contribution in [1.82, 2.24) is 20.0 Å². The Balaban J connectivity index is 1.63. The number of amides is 1. The van der Waals surface area contributed by atoms with Crippen molar-refractivity contribution in [3.8, 4) is 11.4 Å². The molecule has 0 unspecified atom stereocenters. The summed E-state index contributed by atoms with van der Waals surface area (Å²) in [5.41, 5.74) is 2.06. The molecular formula is C18H13F3N4O2. The molecule has 1 aliphatic heterocycles. The number of pyridine rings is 1. The van der Waals surface area contributed by atoms with Crippen molar-refractivity contribution in [2.45, 2.75) is 25.7 Å². The Morgan fingerprint density at radius 1 is 1.22 bits per heavy atom. The predicted molar refractivity (Wildman–Crippen MR) is 87.3 cm³/mol. The molecule has 1 aliphatic rings. The Morgan fingerprint density at radius 2 is 1.96 bits per heavy atom. The summed E-state index contributed by atoms with van der Waals surface area (Å²) < 4.78 is 42.1. The maximum atomic E-state index is 12.8. The number of rotatable bonds is 3. The van der Waals surface area contributed by atoms with E-state index >= 15 is 0 Å². The van der Waals surface area contributed by atoms with Crippen LogP contribution in [0.4, 0.5) is 13.2 Å². The number of nitrogens with zero attached hydrogens (tertiary/aromatic N) is 4. The number of hydrogen-bond acceptors (Lipinski definition) is 5. The van der Waals surface area contributed by atoms with Crippen molar-refractivity contribution >= 4 is 5.91 Å². The fraction of sp³-hybridized carbons (Fsp3) is 0.222. The number of hydrogen-bond donors (Lipinski definition) is 0. The molecule has 0 fully saturated rings. The number of alkyl halides is 3. The van der Waals surface area contributed by atoms with Gasteiger partial charge in [0.05, 0.1) is 23.8 Å². The third kappa shape index (κ3) is 3.05. The average molecular weight is 374 g/mol. The molecule has 0 N–H and O–H groups in total. The molecule has 1 aromatic carbocycles. The Bertz CT molecular complexity index is 1000. The van der Waals surface area contributed by atoms with E-state index in [0.717, 1.165) is 5.56 Å². The van der Waals surface area contributed by atoms with Gasteiger partial charge in [0.1, 0.15) is 0 Å². The normalized spacial score (nSPS) is 15.1. The highest BCUT2D eigenvalue weighted by atomic mass is 19.4. The maximum Gasteiger partial charge on any atom is 0.471 e. The van der Waals surface area contributed by atoms with Crippen LogP contribution in [0.1, 0.15) is 40.5 Å². The number of aromatic nitrogens is 3. The molecule has 3 heterocycles. The van der Waals surface area contributed by atoms with E-state index in [2.05, 4.69) is 19.6 Å². The topological polar surface area (TPSA) is 72.1 Å². The molecule has 0 saturated carbocycles. The van der Waals surface area contributed by atoms with Gasteiger partial charge in [-0.25, -0.2) is 0 Å². The highest BCUT2D eigenvalue weighted by molar-refractivity contribution is 5.99. The van der Waals surface area contributed by atoms with Crippen LogP contribution in [0.2, 0.25) is 0 Å².